The lowest BCUT2D eigenvalue weighted by molar-refractivity contribution is -0.141. The summed E-state index contributed by atoms with van der Waals surface area (Å²) in [7, 11) is -3.59. The summed E-state index contributed by atoms with van der Waals surface area (Å²) in [4.78, 5) is 14.3. The first-order valence-electron chi connectivity index (χ1n) is 5.06. The van der Waals surface area contributed by atoms with Crippen LogP contribution >= 0.6 is 0 Å². The quantitative estimate of drug-likeness (QED) is 0.773. The van der Waals surface area contributed by atoms with Crippen LogP contribution in [0.5, 0.6) is 0 Å². The van der Waals surface area contributed by atoms with E-state index in [-0.39, 0.29) is 17.9 Å². The van der Waals surface area contributed by atoms with Gasteiger partial charge in [-0.2, -0.15) is 0 Å². The van der Waals surface area contributed by atoms with Gasteiger partial charge >= 0.3 is 5.97 Å². The average molecular weight is 258 g/mol. The van der Waals surface area contributed by atoms with Gasteiger partial charge in [0.05, 0.1) is 5.92 Å². The first kappa shape index (κ1) is 13.6. The van der Waals surface area contributed by atoms with E-state index in [0.29, 0.717) is 0 Å². The summed E-state index contributed by atoms with van der Waals surface area (Å²) in [6.45, 7) is 1.62. The summed E-state index contributed by atoms with van der Waals surface area (Å²) >= 11 is 0. The smallest absolute Gasteiger partial charge is 0.306 e. The summed E-state index contributed by atoms with van der Waals surface area (Å²) in [5.74, 6) is -1.52. The summed E-state index contributed by atoms with van der Waals surface area (Å²) in [5, 5.41) is 8.64. The second-order valence-corrected chi connectivity index (χ2v) is 5.38. The predicted octanol–water partition coefficient (Wildman–Crippen LogP) is 0.471. The number of hydrogen-bond donors (Lipinski definition) is 2. The molecule has 1 atom stereocenters. The fraction of sp³-hybridized carbons (Fsp3) is 0.400. The highest BCUT2D eigenvalue weighted by molar-refractivity contribution is 7.89. The van der Waals surface area contributed by atoms with Crippen LogP contribution in [0.2, 0.25) is 0 Å². The molecule has 0 bridgehead atoms. The monoisotopic (exact) mass is 258 g/mol. The van der Waals surface area contributed by atoms with Gasteiger partial charge < -0.3 is 5.11 Å². The SMILES string of the molecule is CC(CCNS(=O)(=O)c1cccnc1)C(=O)O. The van der Waals surface area contributed by atoms with Gasteiger partial charge in [-0.3, -0.25) is 9.78 Å². The first-order valence-corrected chi connectivity index (χ1v) is 6.54. The number of carboxylic acids is 1. The molecule has 2 N–H and O–H groups in total. The van der Waals surface area contributed by atoms with Gasteiger partial charge in [-0.25, -0.2) is 13.1 Å². The molecule has 0 aliphatic rings. The van der Waals surface area contributed by atoms with E-state index in [1.807, 2.05) is 0 Å². The number of rotatable bonds is 6. The van der Waals surface area contributed by atoms with E-state index in [2.05, 4.69) is 9.71 Å². The van der Waals surface area contributed by atoms with Crippen LogP contribution in [-0.4, -0.2) is 31.0 Å². The maximum atomic E-state index is 11.7. The van der Waals surface area contributed by atoms with E-state index >= 15 is 0 Å². The van der Waals surface area contributed by atoms with Crippen LogP contribution in [0.3, 0.4) is 0 Å². The van der Waals surface area contributed by atoms with Crippen molar-refractivity contribution >= 4 is 16.0 Å². The number of sulfonamides is 1. The molecule has 0 aliphatic carbocycles. The van der Waals surface area contributed by atoms with Crippen LogP contribution in [0, 0.1) is 5.92 Å². The fourth-order valence-corrected chi connectivity index (χ4v) is 2.13. The summed E-state index contributed by atoms with van der Waals surface area (Å²) in [6.07, 6.45) is 2.96. The van der Waals surface area contributed by atoms with Gasteiger partial charge in [-0.05, 0) is 18.6 Å². The highest BCUT2D eigenvalue weighted by atomic mass is 32.2. The highest BCUT2D eigenvalue weighted by Gasteiger charge is 2.15. The molecule has 17 heavy (non-hydrogen) atoms. The van der Waals surface area contributed by atoms with Gasteiger partial charge in [0.15, 0.2) is 0 Å². The molecule has 0 saturated heterocycles. The predicted molar refractivity (Wildman–Crippen MR) is 60.8 cm³/mol. The van der Waals surface area contributed by atoms with E-state index in [1.165, 1.54) is 31.5 Å². The van der Waals surface area contributed by atoms with Crippen molar-refractivity contribution in [2.75, 3.05) is 6.54 Å². The number of aromatic nitrogens is 1. The van der Waals surface area contributed by atoms with Crippen molar-refractivity contribution in [2.24, 2.45) is 5.92 Å². The third-order valence-corrected chi connectivity index (χ3v) is 3.68. The van der Waals surface area contributed by atoms with Crippen LogP contribution in [0.15, 0.2) is 29.4 Å². The standard InChI is InChI=1S/C10H14N2O4S/c1-8(10(13)14)4-6-12-17(15,16)9-3-2-5-11-7-9/h2-3,5,7-8,12H,4,6H2,1H3,(H,13,14). The van der Waals surface area contributed by atoms with Gasteiger partial charge in [0.2, 0.25) is 10.0 Å². The molecular weight excluding hydrogens is 244 g/mol. The molecule has 0 spiro atoms. The van der Waals surface area contributed by atoms with E-state index < -0.39 is 21.9 Å². The molecule has 7 heteroatoms. The molecule has 1 unspecified atom stereocenters. The number of pyridine rings is 1. The lowest BCUT2D eigenvalue weighted by Gasteiger charge is -2.08. The molecule has 0 aliphatic heterocycles. The largest absolute Gasteiger partial charge is 0.481 e. The number of carboxylic acid groups (broad SMARTS) is 1. The molecule has 6 nitrogen and oxygen atoms in total. The molecule has 0 fully saturated rings. The molecule has 0 amide bonds. The number of carbonyl (C=O) groups is 1. The molecule has 94 valence electrons. The van der Waals surface area contributed by atoms with Gasteiger partial charge in [-0.1, -0.05) is 6.92 Å². The molecule has 0 radical (unpaired) electrons. The third kappa shape index (κ3) is 4.12. The van der Waals surface area contributed by atoms with Crippen LogP contribution in [0.25, 0.3) is 0 Å². The Morgan fingerprint density at radius 3 is 2.82 bits per heavy atom. The molecule has 1 aromatic heterocycles. The Morgan fingerprint density at radius 2 is 2.29 bits per heavy atom. The zero-order chi connectivity index (χ0) is 12.9. The van der Waals surface area contributed by atoms with Crippen LogP contribution < -0.4 is 4.72 Å². The number of aliphatic carboxylic acids is 1. The summed E-state index contributed by atoms with van der Waals surface area (Å²) in [6, 6.07) is 2.95. The highest BCUT2D eigenvalue weighted by Crippen LogP contribution is 2.06. The summed E-state index contributed by atoms with van der Waals surface area (Å²) < 4.78 is 25.7. The van der Waals surface area contributed by atoms with Crippen molar-refractivity contribution in [3.8, 4) is 0 Å². The lowest BCUT2D eigenvalue weighted by atomic mass is 10.1. The Morgan fingerprint density at radius 1 is 1.59 bits per heavy atom. The second kappa shape index (κ2) is 5.74. The lowest BCUT2D eigenvalue weighted by Crippen LogP contribution is -2.27. The average Bonchev–Trinajstić information content (AvgIpc) is 2.29. The van der Waals surface area contributed by atoms with E-state index in [9.17, 15) is 13.2 Å². The van der Waals surface area contributed by atoms with Crippen LogP contribution in [0.1, 0.15) is 13.3 Å². The summed E-state index contributed by atoms with van der Waals surface area (Å²) in [5.41, 5.74) is 0. The minimum atomic E-state index is -3.59. The Labute approximate surface area is 99.7 Å². The van der Waals surface area contributed by atoms with Crippen molar-refractivity contribution in [1.29, 1.82) is 0 Å². The normalized spacial score (nSPS) is 13.2. The van der Waals surface area contributed by atoms with Crippen molar-refractivity contribution in [3.05, 3.63) is 24.5 Å². The Balaban J connectivity index is 2.55. The second-order valence-electron chi connectivity index (χ2n) is 3.61. The number of nitrogens with one attached hydrogen (secondary N) is 1. The minimum absolute atomic E-state index is 0.0722. The molecule has 1 heterocycles. The van der Waals surface area contributed by atoms with Gasteiger partial charge in [-0.15, -0.1) is 0 Å². The topological polar surface area (TPSA) is 96.4 Å². The first-order chi connectivity index (χ1) is 7.93. The molecule has 0 aromatic carbocycles. The van der Waals surface area contributed by atoms with E-state index in [4.69, 9.17) is 5.11 Å². The zero-order valence-electron chi connectivity index (χ0n) is 9.33. The Kier molecular flexibility index (Phi) is 4.59. The molecular formula is C10H14N2O4S. The number of nitrogens with zero attached hydrogens (tertiary/aromatic N) is 1. The molecule has 0 saturated carbocycles. The fourth-order valence-electron chi connectivity index (χ4n) is 1.12. The maximum Gasteiger partial charge on any atom is 0.306 e. The van der Waals surface area contributed by atoms with Crippen molar-refractivity contribution in [3.63, 3.8) is 0 Å². The third-order valence-electron chi connectivity index (χ3n) is 2.24. The van der Waals surface area contributed by atoms with Crippen molar-refractivity contribution in [2.45, 2.75) is 18.2 Å². The zero-order valence-corrected chi connectivity index (χ0v) is 10.1. The van der Waals surface area contributed by atoms with Gasteiger partial charge in [0.1, 0.15) is 4.90 Å². The minimum Gasteiger partial charge on any atom is -0.481 e. The molecule has 1 rings (SSSR count). The maximum absolute atomic E-state index is 11.7. The van der Waals surface area contributed by atoms with Gasteiger partial charge in [0.25, 0.3) is 0 Å². The van der Waals surface area contributed by atoms with Gasteiger partial charge in [0, 0.05) is 18.9 Å². The van der Waals surface area contributed by atoms with Crippen LogP contribution in [-0.2, 0) is 14.8 Å². The van der Waals surface area contributed by atoms with Crippen molar-refractivity contribution < 1.29 is 18.3 Å². The Hall–Kier alpha value is -1.47. The van der Waals surface area contributed by atoms with E-state index in [0.717, 1.165) is 0 Å². The Bertz CT molecular complexity index is 472. The molecule has 1 aromatic rings. The number of hydrogen-bond acceptors (Lipinski definition) is 4. The van der Waals surface area contributed by atoms with Crippen LogP contribution in [0.4, 0.5) is 0 Å². The van der Waals surface area contributed by atoms with Crippen molar-refractivity contribution in [1.82, 2.24) is 9.71 Å². The van der Waals surface area contributed by atoms with E-state index in [1.54, 1.807) is 0 Å².